The number of pyridine rings is 1. The average molecular weight is 556 g/mol. The lowest BCUT2D eigenvalue weighted by atomic mass is 9.84. The van der Waals surface area contributed by atoms with Crippen molar-refractivity contribution in [3.05, 3.63) is 76.1 Å². The molecule has 2 unspecified atom stereocenters. The second kappa shape index (κ2) is 10.4. The number of hydrogen-bond donors (Lipinski definition) is 0. The van der Waals surface area contributed by atoms with Gasteiger partial charge in [-0.2, -0.15) is 0 Å². The molecule has 9 nitrogen and oxygen atoms in total. The van der Waals surface area contributed by atoms with Crippen molar-refractivity contribution in [3.8, 4) is 11.5 Å². The molecule has 0 saturated carbocycles. The number of aryl methyl sites for hydroxylation is 3. The number of hydrogen-bond acceptors (Lipinski definition) is 8. The predicted octanol–water partition coefficient (Wildman–Crippen LogP) is 5.04. The number of benzene rings is 2. The topological polar surface area (TPSA) is 91.6 Å². The van der Waals surface area contributed by atoms with E-state index in [1.54, 1.807) is 18.0 Å². The molecule has 2 aliphatic rings. The molecule has 0 bridgehead atoms. The number of aromatic nitrogens is 4. The third kappa shape index (κ3) is 4.92. The Morgan fingerprint density at radius 1 is 1.20 bits per heavy atom. The summed E-state index contributed by atoms with van der Waals surface area (Å²) >= 11 is 0. The van der Waals surface area contributed by atoms with Crippen LogP contribution in [-0.4, -0.2) is 57.2 Å². The van der Waals surface area contributed by atoms with Crippen LogP contribution in [0.2, 0.25) is 0 Å². The van der Waals surface area contributed by atoms with Gasteiger partial charge in [0.15, 0.2) is 0 Å². The molecule has 1 aliphatic carbocycles. The van der Waals surface area contributed by atoms with Crippen molar-refractivity contribution in [2.24, 2.45) is 7.05 Å². The molecule has 0 amide bonds. The first-order valence-corrected chi connectivity index (χ1v) is 14.1. The monoisotopic (exact) mass is 555 g/mol. The predicted molar refractivity (Wildman–Crippen MR) is 155 cm³/mol. The number of methoxy groups -OCH3 is 2. The smallest absolute Gasteiger partial charge is 0.306 e. The highest BCUT2D eigenvalue weighted by atomic mass is 16.5. The lowest BCUT2D eigenvalue weighted by molar-refractivity contribution is -0.140. The second-order valence-electron chi connectivity index (χ2n) is 11.8. The Kier molecular flexibility index (Phi) is 6.93. The van der Waals surface area contributed by atoms with E-state index in [9.17, 15) is 4.79 Å². The highest BCUT2D eigenvalue weighted by Crippen LogP contribution is 2.43. The fourth-order valence-corrected chi connectivity index (χ4v) is 6.66. The van der Waals surface area contributed by atoms with Crippen LogP contribution in [0.15, 0.2) is 42.7 Å². The van der Waals surface area contributed by atoms with Gasteiger partial charge in [-0.25, -0.2) is 4.68 Å². The molecule has 0 saturated heterocycles. The summed E-state index contributed by atoms with van der Waals surface area (Å²) < 4.78 is 19.1. The van der Waals surface area contributed by atoms with E-state index in [0.29, 0.717) is 5.75 Å². The van der Waals surface area contributed by atoms with Crippen molar-refractivity contribution in [2.45, 2.75) is 64.1 Å². The van der Waals surface area contributed by atoms with Crippen LogP contribution in [0.5, 0.6) is 11.5 Å². The molecule has 4 aromatic rings. The molecule has 1 aliphatic heterocycles. The molecule has 6 rings (SSSR count). The van der Waals surface area contributed by atoms with Gasteiger partial charge in [-0.05, 0) is 73.6 Å². The summed E-state index contributed by atoms with van der Waals surface area (Å²) in [4.78, 5) is 19.7. The minimum Gasteiger partial charge on any atom is -0.494 e. The second-order valence-corrected chi connectivity index (χ2v) is 11.8. The van der Waals surface area contributed by atoms with Crippen molar-refractivity contribution >= 4 is 17.0 Å². The lowest BCUT2D eigenvalue weighted by Gasteiger charge is -2.34. The summed E-state index contributed by atoms with van der Waals surface area (Å²) in [5, 5.41) is 8.66. The fourth-order valence-electron chi connectivity index (χ4n) is 6.66. The minimum absolute atomic E-state index is 0.208. The van der Waals surface area contributed by atoms with Crippen LogP contribution < -0.4 is 9.47 Å². The van der Waals surface area contributed by atoms with Crippen LogP contribution in [0.1, 0.15) is 72.0 Å². The molecule has 41 heavy (non-hydrogen) atoms. The van der Waals surface area contributed by atoms with E-state index < -0.39 is 0 Å². The molecule has 2 atom stereocenters. The molecule has 9 heteroatoms. The zero-order valence-electron chi connectivity index (χ0n) is 24.6. The highest BCUT2D eigenvalue weighted by molar-refractivity contribution is 5.86. The number of nitrogens with zero attached hydrogens (tertiary/aromatic N) is 5. The molecular weight excluding hydrogens is 518 g/mol. The van der Waals surface area contributed by atoms with Gasteiger partial charge in [0.2, 0.25) is 0 Å². The number of carbonyl (C=O) groups is 1. The number of esters is 1. The van der Waals surface area contributed by atoms with Crippen LogP contribution in [0.4, 0.5) is 0 Å². The van der Waals surface area contributed by atoms with Crippen molar-refractivity contribution < 1.29 is 19.0 Å². The highest BCUT2D eigenvalue weighted by Gasteiger charge is 2.36. The number of rotatable bonds is 6. The Morgan fingerprint density at radius 2 is 2.02 bits per heavy atom. The third-order valence-corrected chi connectivity index (χ3v) is 8.59. The number of fused-ring (bicyclic) bond motifs is 3. The van der Waals surface area contributed by atoms with E-state index in [2.05, 4.69) is 52.2 Å². The normalized spacial score (nSPS) is 18.7. The van der Waals surface area contributed by atoms with Gasteiger partial charge in [0.05, 0.1) is 20.6 Å². The molecule has 0 spiro atoms. The maximum absolute atomic E-state index is 12.8. The molecule has 0 N–H and O–H groups in total. The summed E-state index contributed by atoms with van der Waals surface area (Å²) in [6, 6.07) is 10.9. The van der Waals surface area contributed by atoms with Gasteiger partial charge in [-0.1, -0.05) is 23.4 Å². The van der Waals surface area contributed by atoms with Crippen LogP contribution in [0, 0.1) is 6.92 Å². The molecular formula is C32H37N5O4. The lowest BCUT2D eigenvalue weighted by Crippen LogP contribution is -2.41. The zero-order chi connectivity index (χ0) is 28.9. The maximum atomic E-state index is 12.8. The standard InChI is InChI=1S/C32H37N5O4/c1-19-23(14-28(39-5)31-30(19)34-35-36(31)4)24(15-29(38)40-6)21-8-7-20-9-10-26(25(20)13-21)37-17-22-16-33-12-11-27(22)41-32(2,3)18-37/h7-8,11-14,16,24,26H,9-10,15,17-18H2,1-6H3. The van der Waals surface area contributed by atoms with Crippen LogP contribution in [0.3, 0.4) is 0 Å². The van der Waals surface area contributed by atoms with Gasteiger partial charge in [-0.15, -0.1) is 5.10 Å². The van der Waals surface area contributed by atoms with Crippen LogP contribution in [-0.2, 0) is 29.5 Å². The van der Waals surface area contributed by atoms with Gasteiger partial charge >= 0.3 is 5.97 Å². The van der Waals surface area contributed by atoms with E-state index in [1.165, 1.54) is 18.2 Å². The summed E-state index contributed by atoms with van der Waals surface area (Å²) in [6.07, 6.45) is 5.96. The quantitative estimate of drug-likeness (QED) is 0.306. The van der Waals surface area contributed by atoms with Gasteiger partial charge in [0.1, 0.15) is 28.1 Å². The van der Waals surface area contributed by atoms with Crippen LogP contribution in [0.25, 0.3) is 11.0 Å². The van der Waals surface area contributed by atoms with E-state index in [4.69, 9.17) is 14.2 Å². The summed E-state index contributed by atoms with van der Waals surface area (Å²) in [5.74, 6) is 1.09. The van der Waals surface area contributed by atoms with E-state index in [0.717, 1.165) is 65.0 Å². The van der Waals surface area contributed by atoms with E-state index >= 15 is 0 Å². The Morgan fingerprint density at radius 3 is 2.80 bits per heavy atom. The van der Waals surface area contributed by atoms with Crippen molar-refractivity contribution in [1.82, 2.24) is 24.9 Å². The Hall–Kier alpha value is -3.98. The molecule has 2 aromatic heterocycles. The molecule has 0 fully saturated rings. The van der Waals surface area contributed by atoms with E-state index in [-0.39, 0.29) is 30.0 Å². The van der Waals surface area contributed by atoms with Gasteiger partial charge in [0.25, 0.3) is 0 Å². The Bertz CT molecular complexity index is 1630. The average Bonchev–Trinajstić information content (AvgIpc) is 3.52. The zero-order valence-corrected chi connectivity index (χ0v) is 24.6. The first kappa shape index (κ1) is 27.2. The number of carbonyl (C=O) groups excluding carboxylic acids is 1. The van der Waals surface area contributed by atoms with Gasteiger partial charge < -0.3 is 14.2 Å². The van der Waals surface area contributed by atoms with Crippen molar-refractivity contribution in [3.63, 3.8) is 0 Å². The largest absolute Gasteiger partial charge is 0.494 e. The van der Waals surface area contributed by atoms with Crippen molar-refractivity contribution in [2.75, 3.05) is 20.8 Å². The third-order valence-electron chi connectivity index (χ3n) is 8.59. The molecule has 3 heterocycles. The first-order valence-electron chi connectivity index (χ1n) is 14.1. The summed E-state index contributed by atoms with van der Waals surface area (Å²) in [5.41, 5.74) is 8.06. The van der Waals surface area contributed by atoms with Gasteiger partial charge in [-0.3, -0.25) is 14.7 Å². The number of ether oxygens (including phenoxy) is 3. The molecule has 0 radical (unpaired) electrons. The van der Waals surface area contributed by atoms with Crippen LogP contribution >= 0.6 is 0 Å². The van der Waals surface area contributed by atoms with Crippen molar-refractivity contribution in [1.29, 1.82) is 0 Å². The first-order chi connectivity index (χ1) is 19.7. The summed E-state index contributed by atoms with van der Waals surface area (Å²) in [6.45, 7) is 7.89. The van der Waals surface area contributed by atoms with E-state index in [1.807, 2.05) is 32.3 Å². The summed E-state index contributed by atoms with van der Waals surface area (Å²) in [7, 11) is 4.94. The molecule has 214 valence electrons. The molecule has 2 aromatic carbocycles. The SMILES string of the molecule is COC(=O)CC(c1ccc2c(c1)C(N1Cc3cnccc3OC(C)(C)C1)CC2)c1cc(OC)c2c(nnn2C)c1C. The fraction of sp³-hybridized carbons (Fsp3) is 0.438. The Balaban J connectivity index is 1.43. The maximum Gasteiger partial charge on any atom is 0.306 e. The van der Waals surface area contributed by atoms with Gasteiger partial charge in [0, 0.05) is 50.1 Å². The minimum atomic E-state index is -0.347. The Labute approximate surface area is 240 Å².